The molecule has 0 aliphatic rings. The van der Waals surface area contributed by atoms with Crippen LogP contribution in [0.1, 0.15) is 206 Å². The Morgan fingerprint density at radius 1 is 0.533 bits per heavy atom. The number of esters is 2. The zero-order valence-corrected chi connectivity index (χ0v) is 40.3. The predicted molar refractivity (Wildman–Crippen MR) is 252 cm³/mol. The third-order valence-corrected chi connectivity index (χ3v) is 11.3. The number of quaternary nitrogens is 1. The molecule has 1 unspecified atom stereocenters. The molecule has 0 heterocycles. The predicted octanol–water partition coefficient (Wildman–Crippen LogP) is 14.2. The van der Waals surface area contributed by atoms with Gasteiger partial charge in [0, 0.05) is 12.8 Å². The molecular weight excluding hydrogens is 774 g/mol. The van der Waals surface area contributed by atoms with Gasteiger partial charge < -0.3 is 18.9 Å². The third kappa shape index (κ3) is 45.5. The van der Waals surface area contributed by atoms with Crippen LogP contribution in [0, 0.1) is 0 Å². The molecule has 10 heteroatoms. The van der Waals surface area contributed by atoms with Crippen LogP contribution in [0.4, 0.5) is 0 Å². The Hall–Kier alpha value is -2.03. The molecule has 0 aromatic rings. The summed E-state index contributed by atoms with van der Waals surface area (Å²) < 4.78 is 34.4. The number of allylic oxidation sites excluding steroid dienone is 8. The molecule has 0 aliphatic carbocycles. The molecule has 0 saturated heterocycles. The van der Waals surface area contributed by atoms with Crippen molar-refractivity contribution in [2.75, 3.05) is 47.5 Å². The fourth-order valence-electron chi connectivity index (χ4n) is 6.55. The van der Waals surface area contributed by atoms with E-state index < -0.39 is 26.5 Å². The van der Waals surface area contributed by atoms with Crippen LogP contribution in [0.3, 0.4) is 0 Å². The van der Waals surface area contributed by atoms with Gasteiger partial charge in [-0.1, -0.05) is 172 Å². The van der Waals surface area contributed by atoms with Crippen LogP contribution < -0.4 is 0 Å². The van der Waals surface area contributed by atoms with E-state index in [0.29, 0.717) is 17.4 Å². The number of hydrogen-bond acceptors (Lipinski definition) is 7. The molecule has 9 nitrogen and oxygen atoms in total. The fraction of sp³-hybridized carbons (Fsp3) is 0.800. The van der Waals surface area contributed by atoms with E-state index in [1.165, 1.54) is 103 Å². The lowest BCUT2D eigenvalue weighted by Crippen LogP contribution is -2.37. The summed E-state index contributed by atoms with van der Waals surface area (Å²) in [7, 11) is 1.46. The fourth-order valence-corrected chi connectivity index (χ4v) is 7.29. The van der Waals surface area contributed by atoms with Gasteiger partial charge in [-0.15, -0.1) is 0 Å². The van der Waals surface area contributed by atoms with E-state index in [-0.39, 0.29) is 32.0 Å². The number of ether oxygens (including phenoxy) is 2. The van der Waals surface area contributed by atoms with E-state index in [4.69, 9.17) is 18.5 Å². The first-order valence-corrected chi connectivity index (χ1v) is 25.9. The van der Waals surface area contributed by atoms with Crippen molar-refractivity contribution in [3.8, 4) is 0 Å². The minimum absolute atomic E-state index is 0.0270. The first-order chi connectivity index (χ1) is 29.0. The first kappa shape index (κ1) is 58.0. The standard InChI is InChI=1S/C50H92NO8P/c1-6-8-10-12-14-16-18-20-22-23-24-25-26-27-29-30-32-34-36-38-40-42-49(52)56-46-48(47-58-60(54,55)57-45-44-51(3,4)5)59-50(53)43-41-39-37-35-33-31-28-21-19-17-15-13-11-9-7-2/h9,11,15,17,20-22,28,48H,6-8,10,12-14,16,18-19,23-27,29-47H2,1-5H3/p+1/b11-9+,17-15+,22-20+,28-21+/t48-/m0/s1. The van der Waals surface area contributed by atoms with E-state index in [1.807, 2.05) is 21.1 Å². The van der Waals surface area contributed by atoms with Gasteiger partial charge in [-0.05, 0) is 70.6 Å². The molecule has 0 radical (unpaired) electrons. The number of unbranched alkanes of at least 4 members (excludes halogenated alkanes) is 22. The van der Waals surface area contributed by atoms with Crippen molar-refractivity contribution in [3.63, 3.8) is 0 Å². The smallest absolute Gasteiger partial charge is 0.462 e. The number of carbonyl (C=O) groups excluding carboxylic acids is 2. The van der Waals surface area contributed by atoms with E-state index >= 15 is 0 Å². The minimum Gasteiger partial charge on any atom is -0.462 e. The van der Waals surface area contributed by atoms with Gasteiger partial charge in [0.05, 0.1) is 27.7 Å². The van der Waals surface area contributed by atoms with Gasteiger partial charge in [0.25, 0.3) is 0 Å². The van der Waals surface area contributed by atoms with E-state index in [9.17, 15) is 19.0 Å². The van der Waals surface area contributed by atoms with E-state index in [0.717, 1.165) is 70.6 Å². The summed E-state index contributed by atoms with van der Waals surface area (Å²) in [5.41, 5.74) is 0. The molecule has 0 saturated carbocycles. The zero-order chi connectivity index (χ0) is 44.3. The highest BCUT2D eigenvalue weighted by atomic mass is 31.2. The molecule has 0 aliphatic heterocycles. The number of phosphoric acid groups is 1. The van der Waals surface area contributed by atoms with Crippen LogP contribution in [0.2, 0.25) is 0 Å². The summed E-state index contributed by atoms with van der Waals surface area (Å²) in [5.74, 6) is -0.816. The van der Waals surface area contributed by atoms with Crippen LogP contribution in [-0.2, 0) is 32.7 Å². The molecule has 0 fully saturated rings. The maximum atomic E-state index is 12.7. The Kier molecular flexibility index (Phi) is 40.8. The number of nitrogens with zero attached hydrogens (tertiary/aromatic N) is 1. The maximum absolute atomic E-state index is 12.7. The molecule has 0 amide bonds. The van der Waals surface area contributed by atoms with E-state index in [1.54, 1.807) is 0 Å². The summed E-state index contributed by atoms with van der Waals surface area (Å²) in [6.07, 6.45) is 50.2. The minimum atomic E-state index is -4.38. The van der Waals surface area contributed by atoms with Crippen molar-refractivity contribution in [1.82, 2.24) is 0 Å². The molecule has 2 atom stereocenters. The van der Waals surface area contributed by atoms with Crippen LogP contribution >= 0.6 is 7.82 Å². The van der Waals surface area contributed by atoms with Gasteiger partial charge in [0.2, 0.25) is 0 Å². The summed E-state index contributed by atoms with van der Waals surface area (Å²) in [6.45, 7) is 4.30. The lowest BCUT2D eigenvalue weighted by molar-refractivity contribution is -0.870. The molecule has 0 aromatic carbocycles. The van der Waals surface area contributed by atoms with Gasteiger partial charge in [-0.2, -0.15) is 0 Å². The highest BCUT2D eigenvalue weighted by Crippen LogP contribution is 2.43. The average Bonchev–Trinajstić information content (AvgIpc) is 3.20. The Labute approximate surface area is 369 Å². The molecular formula is C50H93NO8P+. The molecule has 0 bridgehead atoms. The Balaban J connectivity index is 4.27. The second-order valence-corrected chi connectivity index (χ2v) is 18.9. The van der Waals surface area contributed by atoms with Crippen molar-refractivity contribution >= 4 is 19.8 Å². The monoisotopic (exact) mass is 867 g/mol. The number of phosphoric ester groups is 1. The molecule has 1 N–H and O–H groups in total. The molecule has 0 aromatic heterocycles. The van der Waals surface area contributed by atoms with Crippen LogP contribution in [0.15, 0.2) is 48.6 Å². The normalized spacial score (nSPS) is 13.9. The zero-order valence-electron chi connectivity index (χ0n) is 39.4. The highest BCUT2D eigenvalue weighted by Gasteiger charge is 2.27. The third-order valence-electron chi connectivity index (χ3n) is 10.3. The van der Waals surface area contributed by atoms with Crippen molar-refractivity contribution in [1.29, 1.82) is 0 Å². The lowest BCUT2D eigenvalue weighted by atomic mass is 10.0. The number of hydrogen-bond donors (Lipinski definition) is 1. The number of rotatable bonds is 44. The van der Waals surface area contributed by atoms with E-state index in [2.05, 4.69) is 62.5 Å². The number of carbonyl (C=O) groups is 2. The molecule has 0 rings (SSSR count). The van der Waals surface area contributed by atoms with Gasteiger partial charge in [0.15, 0.2) is 6.10 Å². The van der Waals surface area contributed by atoms with Gasteiger partial charge >= 0.3 is 19.8 Å². The topological polar surface area (TPSA) is 108 Å². The van der Waals surface area contributed by atoms with Gasteiger partial charge in [-0.3, -0.25) is 18.6 Å². The largest absolute Gasteiger partial charge is 0.472 e. The summed E-state index contributed by atoms with van der Waals surface area (Å²) >= 11 is 0. The second-order valence-electron chi connectivity index (χ2n) is 17.5. The summed E-state index contributed by atoms with van der Waals surface area (Å²) in [6, 6.07) is 0. The average molecular weight is 867 g/mol. The molecule has 350 valence electrons. The first-order valence-electron chi connectivity index (χ1n) is 24.4. The SMILES string of the molecule is CC/C=C/C/C=C/C/C=C/CCCCCCCC(=O)O[C@@H](COC(=O)CCCCCCCCCCCCC/C=C/CCCCCCCC)COP(=O)(O)OCC[N+](C)(C)C. The quantitative estimate of drug-likeness (QED) is 0.0212. The molecule has 60 heavy (non-hydrogen) atoms. The second kappa shape index (κ2) is 42.3. The molecule has 0 spiro atoms. The number of likely N-dealkylation sites (N-methyl/N-ethyl adjacent to an activating group) is 1. The van der Waals surface area contributed by atoms with Gasteiger partial charge in [0.1, 0.15) is 19.8 Å². The van der Waals surface area contributed by atoms with Crippen LogP contribution in [-0.4, -0.2) is 74.9 Å². The van der Waals surface area contributed by atoms with Crippen molar-refractivity contribution < 1.29 is 42.1 Å². The van der Waals surface area contributed by atoms with Gasteiger partial charge in [-0.25, -0.2) is 4.57 Å². The summed E-state index contributed by atoms with van der Waals surface area (Å²) in [4.78, 5) is 35.5. The van der Waals surface area contributed by atoms with Crippen LogP contribution in [0.5, 0.6) is 0 Å². The highest BCUT2D eigenvalue weighted by molar-refractivity contribution is 7.47. The van der Waals surface area contributed by atoms with Crippen LogP contribution in [0.25, 0.3) is 0 Å². The Bertz CT molecular complexity index is 1160. The summed E-state index contributed by atoms with van der Waals surface area (Å²) in [5, 5.41) is 0. The Morgan fingerprint density at radius 3 is 1.43 bits per heavy atom. The van der Waals surface area contributed by atoms with Crippen molar-refractivity contribution in [2.45, 2.75) is 213 Å². The Morgan fingerprint density at radius 2 is 0.950 bits per heavy atom. The maximum Gasteiger partial charge on any atom is 0.472 e. The van der Waals surface area contributed by atoms with Crippen molar-refractivity contribution in [2.24, 2.45) is 0 Å². The lowest BCUT2D eigenvalue weighted by Gasteiger charge is -2.24. The van der Waals surface area contributed by atoms with Crippen molar-refractivity contribution in [3.05, 3.63) is 48.6 Å².